The Labute approximate surface area is 158 Å². The largest absolute Gasteiger partial charge is 0.496 e. The van der Waals surface area contributed by atoms with Gasteiger partial charge < -0.3 is 14.5 Å². The third-order valence-electron chi connectivity index (χ3n) is 6.89. The fourth-order valence-corrected chi connectivity index (χ4v) is 4.84. The maximum absolute atomic E-state index is 13.1. The maximum Gasteiger partial charge on any atom is 0.320 e. The van der Waals surface area contributed by atoms with Crippen LogP contribution in [0.25, 0.3) is 0 Å². The summed E-state index contributed by atoms with van der Waals surface area (Å²) in [6, 6.07) is 6.81. The van der Waals surface area contributed by atoms with Crippen LogP contribution in [0.15, 0.2) is 18.2 Å². The highest BCUT2D eigenvalue weighted by Crippen LogP contribution is 2.48. The summed E-state index contributed by atoms with van der Waals surface area (Å²) >= 11 is 0. The van der Waals surface area contributed by atoms with E-state index in [-0.39, 0.29) is 17.5 Å². The summed E-state index contributed by atoms with van der Waals surface area (Å²) in [6.45, 7) is 11.7. The van der Waals surface area contributed by atoms with Crippen LogP contribution >= 0.6 is 0 Å². The molecule has 0 spiro atoms. The van der Waals surface area contributed by atoms with Crippen molar-refractivity contribution in [2.24, 2.45) is 5.41 Å². The molecule has 2 aliphatic heterocycles. The molecule has 2 aliphatic rings. The molecule has 144 valence electrons. The van der Waals surface area contributed by atoms with E-state index < -0.39 is 0 Å². The lowest BCUT2D eigenvalue weighted by Crippen LogP contribution is -2.57. The molecule has 4 heteroatoms. The number of nitrogens with zero attached hydrogens (tertiary/aromatic N) is 2. The van der Waals surface area contributed by atoms with E-state index >= 15 is 0 Å². The molecule has 0 bridgehead atoms. The van der Waals surface area contributed by atoms with Gasteiger partial charge in [0.05, 0.1) is 7.11 Å². The molecule has 0 saturated carbocycles. The molecule has 2 heterocycles. The van der Waals surface area contributed by atoms with Gasteiger partial charge in [-0.25, -0.2) is 4.79 Å². The minimum atomic E-state index is 0.0147. The van der Waals surface area contributed by atoms with Gasteiger partial charge in [0.25, 0.3) is 0 Å². The summed E-state index contributed by atoms with van der Waals surface area (Å²) in [5, 5.41) is 0. The van der Waals surface area contributed by atoms with Crippen LogP contribution in [-0.4, -0.2) is 48.6 Å². The van der Waals surface area contributed by atoms with Crippen molar-refractivity contribution in [3.05, 3.63) is 29.3 Å². The lowest BCUT2D eigenvalue weighted by molar-refractivity contribution is 0.0361. The Morgan fingerprint density at radius 2 is 1.85 bits per heavy atom. The molecule has 2 saturated heterocycles. The number of benzene rings is 1. The molecule has 0 N–H and O–H groups in total. The smallest absolute Gasteiger partial charge is 0.320 e. The standard InChI is InChI=1S/C22H34N2O2/c1-16-18(10-9-11-20(16)26-5)19-12-15-24(17(2)22(19,3)4)21(25)23-13-7-6-8-14-23/h9-11,17,19H,6-8,12-15H2,1-5H3. The van der Waals surface area contributed by atoms with Gasteiger partial charge in [-0.2, -0.15) is 0 Å². The Kier molecular flexibility index (Phi) is 5.50. The van der Waals surface area contributed by atoms with Gasteiger partial charge in [0.15, 0.2) is 0 Å². The number of hydrogen-bond acceptors (Lipinski definition) is 2. The Bertz CT molecular complexity index is 650. The predicted octanol–water partition coefficient (Wildman–Crippen LogP) is 4.81. The van der Waals surface area contributed by atoms with E-state index in [2.05, 4.69) is 49.6 Å². The summed E-state index contributed by atoms with van der Waals surface area (Å²) in [6.07, 6.45) is 4.54. The summed E-state index contributed by atoms with van der Waals surface area (Å²) in [5.74, 6) is 1.38. The van der Waals surface area contributed by atoms with E-state index in [1.165, 1.54) is 17.5 Å². The Hall–Kier alpha value is -1.71. The molecule has 0 aromatic heterocycles. The number of rotatable bonds is 2. The first-order chi connectivity index (χ1) is 12.4. The number of carbonyl (C=O) groups excluding carboxylic acids is 1. The van der Waals surface area contributed by atoms with E-state index in [0.29, 0.717) is 5.92 Å². The molecule has 2 unspecified atom stereocenters. The van der Waals surface area contributed by atoms with Crippen molar-refractivity contribution in [2.75, 3.05) is 26.7 Å². The maximum atomic E-state index is 13.1. The molecule has 0 radical (unpaired) electrons. The number of piperidine rings is 2. The SMILES string of the molecule is COc1cccc(C2CCN(C(=O)N3CCCCC3)C(C)C2(C)C)c1C. The molecule has 1 aromatic carbocycles. The van der Waals surface area contributed by atoms with Gasteiger partial charge in [-0.3, -0.25) is 0 Å². The van der Waals surface area contributed by atoms with E-state index in [1.54, 1.807) is 7.11 Å². The van der Waals surface area contributed by atoms with Gasteiger partial charge in [-0.15, -0.1) is 0 Å². The van der Waals surface area contributed by atoms with Gasteiger partial charge in [0.2, 0.25) is 0 Å². The topological polar surface area (TPSA) is 32.8 Å². The number of urea groups is 1. The minimum absolute atomic E-state index is 0.0147. The van der Waals surface area contributed by atoms with Crippen LogP contribution in [0.3, 0.4) is 0 Å². The quantitative estimate of drug-likeness (QED) is 0.760. The molecular formula is C22H34N2O2. The van der Waals surface area contributed by atoms with E-state index in [9.17, 15) is 4.79 Å². The second-order valence-corrected chi connectivity index (χ2v) is 8.54. The third kappa shape index (κ3) is 3.30. The number of methoxy groups -OCH3 is 1. The summed E-state index contributed by atoms with van der Waals surface area (Å²) in [4.78, 5) is 17.3. The molecule has 26 heavy (non-hydrogen) atoms. The van der Waals surface area contributed by atoms with Gasteiger partial charge in [-0.1, -0.05) is 26.0 Å². The zero-order valence-corrected chi connectivity index (χ0v) is 17.0. The Balaban J connectivity index is 1.83. The van der Waals surface area contributed by atoms with Crippen molar-refractivity contribution in [3.63, 3.8) is 0 Å². The van der Waals surface area contributed by atoms with Gasteiger partial charge >= 0.3 is 6.03 Å². The van der Waals surface area contributed by atoms with E-state index in [0.717, 1.165) is 44.6 Å². The highest BCUT2D eigenvalue weighted by Gasteiger charge is 2.45. The average Bonchev–Trinajstić information content (AvgIpc) is 2.65. The van der Waals surface area contributed by atoms with Crippen molar-refractivity contribution in [1.82, 2.24) is 9.80 Å². The first-order valence-electron chi connectivity index (χ1n) is 10.1. The second-order valence-electron chi connectivity index (χ2n) is 8.54. The van der Waals surface area contributed by atoms with Gasteiger partial charge in [-0.05, 0) is 68.1 Å². The number of carbonyl (C=O) groups is 1. The number of hydrogen-bond donors (Lipinski definition) is 0. The van der Waals surface area contributed by atoms with Crippen LogP contribution in [0.2, 0.25) is 0 Å². The van der Waals surface area contributed by atoms with Crippen molar-refractivity contribution in [2.45, 2.75) is 65.3 Å². The molecule has 1 aromatic rings. The molecule has 2 fully saturated rings. The predicted molar refractivity (Wildman–Crippen MR) is 106 cm³/mol. The van der Waals surface area contributed by atoms with Crippen molar-refractivity contribution in [1.29, 1.82) is 0 Å². The van der Waals surface area contributed by atoms with E-state index in [4.69, 9.17) is 4.74 Å². The zero-order chi connectivity index (χ0) is 18.9. The van der Waals surface area contributed by atoms with Crippen LogP contribution in [-0.2, 0) is 0 Å². The first-order valence-corrected chi connectivity index (χ1v) is 10.1. The zero-order valence-electron chi connectivity index (χ0n) is 17.0. The number of likely N-dealkylation sites (tertiary alicyclic amines) is 2. The number of ether oxygens (including phenoxy) is 1. The molecule has 0 aliphatic carbocycles. The van der Waals surface area contributed by atoms with Gasteiger partial charge in [0, 0.05) is 25.7 Å². The first kappa shape index (κ1) is 19.1. The monoisotopic (exact) mass is 358 g/mol. The second kappa shape index (κ2) is 7.50. The molecule has 2 atom stereocenters. The van der Waals surface area contributed by atoms with Crippen LogP contribution in [0.4, 0.5) is 4.79 Å². The van der Waals surface area contributed by atoms with Crippen LogP contribution in [0.1, 0.15) is 63.5 Å². The third-order valence-corrected chi connectivity index (χ3v) is 6.89. The number of amides is 2. The molecule has 3 rings (SSSR count). The summed E-state index contributed by atoms with van der Waals surface area (Å²) in [5.41, 5.74) is 2.61. The summed E-state index contributed by atoms with van der Waals surface area (Å²) < 4.78 is 5.54. The minimum Gasteiger partial charge on any atom is -0.496 e. The van der Waals surface area contributed by atoms with E-state index in [1.807, 2.05) is 6.07 Å². The Morgan fingerprint density at radius 1 is 1.15 bits per heavy atom. The Morgan fingerprint density at radius 3 is 2.50 bits per heavy atom. The van der Waals surface area contributed by atoms with Crippen LogP contribution in [0, 0.1) is 12.3 Å². The summed E-state index contributed by atoms with van der Waals surface area (Å²) in [7, 11) is 1.74. The van der Waals surface area contributed by atoms with Crippen molar-refractivity contribution in [3.8, 4) is 5.75 Å². The van der Waals surface area contributed by atoms with Crippen molar-refractivity contribution < 1.29 is 9.53 Å². The van der Waals surface area contributed by atoms with Crippen molar-refractivity contribution >= 4 is 6.03 Å². The molecule has 2 amide bonds. The lowest BCUT2D eigenvalue weighted by Gasteiger charge is -2.51. The van der Waals surface area contributed by atoms with Gasteiger partial charge in [0.1, 0.15) is 5.75 Å². The average molecular weight is 359 g/mol. The van der Waals surface area contributed by atoms with Crippen LogP contribution in [0.5, 0.6) is 5.75 Å². The highest BCUT2D eigenvalue weighted by molar-refractivity contribution is 5.75. The lowest BCUT2D eigenvalue weighted by atomic mass is 9.65. The highest BCUT2D eigenvalue weighted by atomic mass is 16.5. The fraction of sp³-hybridized carbons (Fsp3) is 0.682. The molecular weight excluding hydrogens is 324 g/mol. The van der Waals surface area contributed by atoms with Crippen LogP contribution < -0.4 is 4.74 Å². The molecule has 4 nitrogen and oxygen atoms in total. The normalized spacial score (nSPS) is 25.9. The fourth-order valence-electron chi connectivity index (χ4n) is 4.84.